The second kappa shape index (κ2) is 5.78. The normalized spacial score (nSPS) is 10.7. The van der Waals surface area contributed by atoms with Gasteiger partial charge in [-0.25, -0.2) is 0 Å². The van der Waals surface area contributed by atoms with Crippen LogP contribution in [0.1, 0.15) is 21.6 Å². The Morgan fingerprint density at radius 2 is 1.91 bits per heavy atom. The Bertz CT molecular complexity index is 874. The maximum atomic E-state index is 12.5. The number of pyridine rings is 1. The van der Waals surface area contributed by atoms with Crippen LogP contribution in [0, 0.1) is 13.8 Å². The number of hydrogen-bond donors (Lipinski definition) is 1. The lowest BCUT2D eigenvalue weighted by Gasteiger charge is -2.09. The van der Waals surface area contributed by atoms with Crippen molar-refractivity contribution in [2.75, 3.05) is 5.32 Å². The van der Waals surface area contributed by atoms with Gasteiger partial charge in [0, 0.05) is 16.1 Å². The van der Waals surface area contributed by atoms with E-state index in [1.807, 2.05) is 56.3 Å². The molecule has 0 unspecified atom stereocenters. The molecule has 0 aliphatic heterocycles. The lowest BCUT2D eigenvalue weighted by atomic mass is 10.1. The van der Waals surface area contributed by atoms with Gasteiger partial charge in [0.2, 0.25) is 0 Å². The van der Waals surface area contributed by atoms with Crippen LogP contribution in [-0.4, -0.2) is 10.9 Å². The number of aryl methyl sites for hydroxylation is 2. The minimum Gasteiger partial charge on any atom is -0.322 e. The molecule has 0 atom stereocenters. The van der Waals surface area contributed by atoms with Crippen molar-refractivity contribution in [3.63, 3.8) is 0 Å². The number of amides is 1. The molecular formula is C18H15ClN2O. The van der Waals surface area contributed by atoms with E-state index in [4.69, 9.17) is 11.6 Å². The summed E-state index contributed by atoms with van der Waals surface area (Å²) in [7, 11) is 0. The molecule has 0 bridgehead atoms. The summed E-state index contributed by atoms with van der Waals surface area (Å²) in [5, 5.41) is 4.39. The average Bonchev–Trinajstić information content (AvgIpc) is 2.47. The van der Waals surface area contributed by atoms with E-state index in [-0.39, 0.29) is 5.91 Å². The molecule has 3 nitrogen and oxygen atoms in total. The number of fused-ring (bicyclic) bond motifs is 1. The third-order valence-electron chi connectivity index (χ3n) is 3.49. The highest BCUT2D eigenvalue weighted by Gasteiger charge is 2.12. The summed E-state index contributed by atoms with van der Waals surface area (Å²) in [5.74, 6) is -0.169. The first-order chi connectivity index (χ1) is 10.5. The highest BCUT2D eigenvalue weighted by atomic mass is 35.5. The SMILES string of the molecule is Cc1cccc(NC(=O)c2cc3cc(Cl)ccc3nc2C)c1. The van der Waals surface area contributed by atoms with Gasteiger partial charge < -0.3 is 5.32 Å². The van der Waals surface area contributed by atoms with E-state index in [1.54, 1.807) is 6.07 Å². The highest BCUT2D eigenvalue weighted by Crippen LogP contribution is 2.21. The van der Waals surface area contributed by atoms with Gasteiger partial charge in [-0.1, -0.05) is 23.7 Å². The Morgan fingerprint density at radius 1 is 1.09 bits per heavy atom. The molecule has 0 aliphatic rings. The molecule has 4 heteroatoms. The van der Waals surface area contributed by atoms with Crippen molar-refractivity contribution in [2.45, 2.75) is 13.8 Å². The number of halogens is 1. The zero-order valence-corrected chi connectivity index (χ0v) is 13.1. The number of nitrogens with zero attached hydrogens (tertiary/aromatic N) is 1. The van der Waals surface area contributed by atoms with Gasteiger partial charge in [-0.2, -0.15) is 0 Å². The van der Waals surface area contributed by atoms with E-state index < -0.39 is 0 Å². The number of benzene rings is 2. The van der Waals surface area contributed by atoms with Gasteiger partial charge in [0.05, 0.1) is 16.8 Å². The molecule has 3 rings (SSSR count). The van der Waals surface area contributed by atoms with Crippen LogP contribution in [0.3, 0.4) is 0 Å². The van der Waals surface area contributed by atoms with Gasteiger partial charge >= 0.3 is 0 Å². The Kier molecular flexibility index (Phi) is 3.82. The number of aromatic nitrogens is 1. The van der Waals surface area contributed by atoms with Crippen LogP contribution in [-0.2, 0) is 0 Å². The van der Waals surface area contributed by atoms with Crippen LogP contribution in [0.4, 0.5) is 5.69 Å². The van der Waals surface area contributed by atoms with E-state index in [0.29, 0.717) is 16.3 Å². The van der Waals surface area contributed by atoms with Crippen LogP contribution < -0.4 is 5.32 Å². The molecule has 0 radical (unpaired) electrons. The largest absolute Gasteiger partial charge is 0.322 e. The fraction of sp³-hybridized carbons (Fsp3) is 0.111. The van der Waals surface area contributed by atoms with Gasteiger partial charge in [-0.3, -0.25) is 9.78 Å². The van der Waals surface area contributed by atoms with E-state index in [0.717, 1.165) is 22.2 Å². The summed E-state index contributed by atoms with van der Waals surface area (Å²) in [6, 6.07) is 15.0. The molecule has 1 N–H and O–H groups in total. The van der Waals surface area contributed by atoms with Gasteiger partial charge in [0.1, 0.15) is 0 Å². The maximum absolute atomic E-state index is 12.5. The first-order valence-electron chi connectivity index (χ1n) is 6.98. The molecular weight excluding hydrogens is 296 g/mol. The summed E-state index contributed by atoms with van der Waals surface area (Å²) in [4.78, 5) is 17.0. The molecule has 0 fully saturated rings. The summed E-state index contributed by atoms with van der Waals surface area (Å²) in [6.45, 7) is 3.82. The van der Waals surface area contributed by atoms with Gasteiger partial charge in [-0.05, 0) is 55.8 Å². The summed E-state index contributed by atoms with van der Waals surface area (Å²) in [5.41, 5.74) is 3.94. The van der Waals surface area contributed by atoms with Crippen molar-refractivity contribution in [1.29, 1.82) is 0 Å². The second-order valence-corrected chi connectivity index (χ2v) is 5.72. The van der Waals surface area contributed by atoms with Gasteiger partial charge in [0.15, 0.2) is 0 Å². The molecule has 2 aromatic carbocycles. The molecule has 110 valence electrons. The summed E-state index contributed by atoms with van der Waals surface area (Å²) < 4.78 is 0. The molecule has 0 saturated carbocycles. The molecule has 1 aromatic heterocycles. The van der Waals surface area contributed by atoms with Crippen LogP contribution in [0.15, 0.2) is 48.5 Å². The quantitative estimate of drug-likeness (QED) is 0.741. The lowest BCUT2D eigenvalue weighted by Crippen LogP contribution is -2.14. The van der Waals surface area contributed by atoms with E-state index in [2.05, 4.69) is 10.3 Å². The van der Waals surface area contributed by atoms with Gasteiger partial charge in [0.25, 0.3) is 5.91 Å². The first-order valence-corrected chi connectivity index (χ1v) is 7.36. The van der Waals surface area contributed by atoms with Crippen LogP contribution in [0.25, 0.3) is 10.9 Å². The summed E-state index contributed by atoms with van der Waals surface area (Å²) >= 11 is 6.01. The smallest absolute Gasteiger partial charge is 0.257 e. The van der Waals surface area contributed by atoms with Crippen molar-refractivity contribution in [3.8, 4) is 0 Å². The van der Waals surface area contributed by atoms with Crippen LogP contribution in [0.2, 0.25) is 5.02 Å². The maximum Gasteiger partial charge on any atom is 0.257 e. The Hall–Kier alpha value is -2.39. The van der Waals surface area contributed by atoms with Gasteiger partial charge in [-0.15, -0.1) is 0 Å². The van der Waals surface area contributed by atoms with Crippen molar-refractivity contribution >= 4 is 34.1 Å². The minimum atomic E-state index is -0.169. The highest BCUT2D eigenvalue weighted by molar-refractivity contribution is 6.31. The second-order valence-electron chi connectivity index (χ2n) is 5.28. The number of carbonyl (C=O) groups is 1. The van der Waals surface area contributed by atoms with Crippen LogP contribution >= 0.6 is 11.6 Å². The van der Waals surface area contributed by atoms with Crippen molar-refractivity contribution in [2.24, 2.45) is 0 Å². The number of hydrogen-bond acceptors (Lipinski definition) is 2. The van der Waals surface area contributed by atoms with E-state index in [9.17, 15) is 4.79 Å². The van der Waals surface area contributed by atoms with Crippen molar-refractivity contribution in [3.05, 3.63) is 70.4 Å². The predicted octanol–water partition coefficient (Wildman–Crippen LogP) is 4.76. The number of rotatable bonds is 2. The molecule has 1 heterocycles. The van der Waals surface area contributed by atoms with E-state index in [1.165, 1.54) is 0 Å². The topological polar surface area (TPSA) is 42.0 Å². The fourth-order valence-electron chi connectivity index (χ4n) is 2.39. The monoisotopic (exact) mass is 310 g/mol. The third-order valence-corrected chi connectivity index (χ3v) is 3.72. The number of nitrogens with one attached hydrogen (secondary N) is 1. The molecule has 22 heavy (non-hydrogen) atoms. The lowest BCUT2D eigenvalue weighted by molar-refractivity contribution is 0.102. The molecule has 0 aliphatic carbocycles. The standard InChI is InChI=1S/C18H15ClN2O/c1-11-4-3-5-15(8-11)21-18(22)16-10-13-9-14(19)6-7-17(13)20-12(16)2/h3-10H,1-2H3,(H,21,22). The summed E-state index contributed by atoms with van der Waals surface area (Å²) in [6.07, 6.45) is 0. The number of anilines is 1. The molecule has 1 amide bonds. The molecule has 0 saturated heterocycles. The fourth-order valence-corrected chi connectivity index (χ4v) is 2.58. The van der Waals surface area contributed by atoms with E-state index >= 15 is 0 Å². The Morgan fingerprint density at radius 3 is 2.68 bits per heavy atom. The Balaban J connectivity index is 1.98. The number of carbonyl (C=O) groups excluding carboxylic acids is 1. The average molecular weight is 311 g/mol. The predicted molar refractivity (Wildman–Crippen MR) is 90.6 cm³/mol. The molecule has 3 aromatic rings. The zero-order valence-electron chi connectivity index (χ0n) is 12.4. The minimum absolute atomic E-state index is 0.169. The Labute approximate surface area is 133 Å². The molecule has 0 spiro atoms. The first kappa shape index (κ1) is 14.5. The van der Waals surface area contributed by atoms with Crippen molar-refractivity contribution < 1.29 is 4.79 Å². The zero-order chi connectivity index (χ0) is 15.7. The van der Waals surface area contributed by atoms with Crippen LogP contribution in [0.5, 0.6) is 0 Å². The third kappa shape index (κ3) is 2.95. The van der Waals surface area contributed by atoms with Crippen molar-refractivity contribution in [1.82, 2.24) is 4.98 Å².